The maximum atomic E-state index is 8.98. The second kappa shape index (κ2) is 4.54. The SMILES string of the molecule is COC1(OC)NC(N)=C(C#N)C1=C(C#N)C#N. The number of hydrogen-bond acceptors (Lipinski definition) is 7. The van der Waals surface area contributed by atoms with Gasteiger partial charge in [-0.15, -0.1) is 0 Å². The van der Waals surface area contributed by atoms with Crippen LogP contribution in [0.4, 0.5) is 0 Å². The molecule has 0 aromatic rings. The zero-order valence-corrected chi connectivity index (χ0v) is 9.24. The average molecular weight is 231 g/mol. The lowest BCUT2D eigenvalue weighted by atomic mass is 10.0. The van der Waals surface area contributed by atoms with Crippen molar-refractivity contribution in [3.8, 4) is 18.2 Å². The van der Waals surface area contributed by atoms with Crippen LogP contribution in [0.1, 0.15) is 0 Å². The summed E-state index contributed by atoms with van der Waals surface area (Å²) in [6.07, 6.45) is 0. The Hall–Kier alpha value is -2.53. The third-order valence-corrected chi connectivity index (χ3v) is 2.31. The number of nitrogens with one attached hydrogen (secondary N) is 1. The molecule has 0 saturated heterocycles. The molecule has 0 aliphatic carbocycles. The van der Waals surface area contributed by atoms with Crippen molar-refractivity contribution in [3.63, 3.8) is 0 Å². The second-order valence-corrected chi connectivity index (χ2v) is 3.02. The molecule has 0 aromatic carbocycles. The first-order valence-electron chi connectivity index (χ1n) is 4.43. The lowest BCUT2D eigenvalue weighted by Gasteiger charge is -2.28. The molecule has 86 valence electrons. The summed E-state index contributed by atoms with van der Waals surface area (Å²) >= 11 is 0. The quantitative estimate of drug-likeness (QED) is 0.487. The number of methoxy groups -OCH3 is 2. The predicted octanol–water partition coefficient (Wildman–Crippen LogP) is -0.426. The summed E-state index contributed by atoms with van der Waals surface area (Å²) in [7, 11) is 2.60. The van der Waals surface area contributed by atoms with Crippen LogP contribution in [-0.2, 0) is 9.47 Å². The summed E-state index contributed by atoms with van der Waals surface area (Å²) in [5.74, 6) is -1.58. The van der Waals surface area contributed by atoms with E-state index < -0.39 is 5.91 Å². The largest absolute Gasteiger partial charge is 0.384 e. The van der Waals surface area contributed by atoms with Crippen molar-refractivity contribution < 1.29 is 9.47 Å². The lowest BCUT2D eigenvalue weighted by Crippen LogP contribution is -2.47. The minimum absolute atomic E-state index is 0.00537. The molecule has 1 heterocycles. The molecule has 7 heteroatoms. The molecule has 1 aliphatic rings. The molecule has 0 spiro atoms. The molecule has 0 unspecified atom stereocenters. The number of nitrogens with two attached hydrogens (primary N) is 1. The second-order valence-electron chi connectivity index (χ2n) is 3.02. The first kappa shape index (κ1) is 12.5. The van der Waals surface area contributed by atoms with Crippen molar-refractivity contribution in [1.82, 2.24) is 5.32 Å². The molecule has 0 fully saturated rings. The summed E-state index contributed by atoms with van der Waals surface area (Å²) in [6, 6.07) is 5.17. The van der Waals surface area contributed by atoms with Crippen LogP contribution >= 0.6 is 0 Å². The summed E-state index contributed by atoms with van der Waals surface area (Å²) in [6.45, 7) is 0. The van der Waals surface area contributed by atoms with Gasteiger partial charge in [0.05, 0.1) is 5.57 Å². The molecule has 0 saturated carbocycles. The standard InChI is InChI=1S/C10H9N5O2/c1-16-10(17-2)8(6(3-11)4-12)7(5-13)9(14)15-10/h15H,14H2,1-2H3. The monoisotopic (exact) mass is 231 g/mol. The van der Waals surface area contributed by atoms with E-state index in [0.717, 1.165) is 0 Å². The maximum absolute atomic E-state index is 8.98. The van der Waals surface area contributed by atoms with Gasteiger partial charge in [0, 0.05) is 14.2 Å². The van der Waals surface area contributed by atoms with Gasteiger partial charge in [-0.05, 0) is 0 Å². The molecule has 1 rings (SSSR count). The fraction of sp³-hybridized carbons (Fsp3) is 0.300. The highest BCUT2D eigenvalue weighted by Gasteiger charge is 2.46. The minimum Gasteiger partial charge on any atom is -0.384 e. The van der Waals surface area contributed by atoms with E-state index in [9.17, 15) is 0 Å². The third kappa shape index (κ3) is 1.68. The van der Waals surface area contributed by atoms with Gasteiger partial charge in [0.2, 0.25) is 0 Å². The van der Waals surface area contributed by atoms with Gasteiger partial charge >= 0.3 is 0 Å². The fourth-order valence-electron chi connectivity index (χ4n) is 1.53. The van der Waals surface area contributed by atoms with E-state index in [-0.39, 0.29) is 22.5 Å². The van der Waals surface area contributed by atoms with E-state index in [1.807, 2.05) is 6.07 Å². The first-order valence-corrected chi connectivity index (χ1v) is 4.43. The lowest BCUT2D eigenvalue weighted by molar-refractivity contribution is -0.188. The van der Waals surface area contributed by atoms with Crippen LogP contribution in [-0.4, -0.2) is 20.1 Å². The number of rotatable bonds is 2. The molecule has 0 amide bonds. The number of nitriles is 3. The van der Waals surface area contributed by atoms with E-state index in [1.54, 1.807) is 12.1 Å². The Morgan fingerprint density at radius 1 is 1.24 bits per heavy atom. The van der Waals surface area contributed by atoms with Crippen molar-refractivity contribution >= 4 is 0 Å². The zero-order valence-electron chi connectivity index (χ0n) is 9.24. The molecular formula is C10H9N5O2. The zero-order chi connectivity index (χ0) is 13.1. The van der Waals surface area contributed by atoms with Gasteiger partial charge in [-0.25, -0.2) is 0 Å². The highest BCUT2D eigenvalue weighted by Crippen LogP contribution is 2.35. The smallest absolute Gasteiger partial charge is 0.281 e. The Bertz CT molecular complexity index is 506. The van der Waals surface area contributed by atoms with Crippen LogP contribution in [0, 0.1) is 34.0 Å². The van der Waals surface area contributed by atoms with Crippen molar-refractivity contribution in [3.05, 3.63) is 22.5 Å². The van der Waals surface area contributed by atoms with Crippen molar-refractivity contribution in [2.24, 2.45) is 5.73 Å². The normalized spacial score (nSPS) is 16.8. The first-order chi connectivity index (χ1) is 8.10. The van der Waals surface area contributed by atoms with Crippen LogP contribution < -0.4 is 11.1 Å². The molecule has 17 heavy (non-hydrogen) atoms. The van der Waals surface area contributed by atoms with E-state index >= 15 is 0 Å². The number of hydrogen-bond donors (Lipinski definition) is 2. The molecule has 0 bridgehead atoms. The fourth-order valence-corrected chi connectivity index (χ4v) is 1.53. The molecular weight excluding hydrogens is 222 g/mol. The van der Waals surface area contributed by atoms with E-state index in [1.165, 1.54) is 14.2 Å². The Balaban J connectivity index is 3.59. The highest BCUT2D eigenvalue weighted by atomic mass is 16.7. The molecule has 3 N–H and O–H groups in total. The average Bonchev–Trinajstić information content (AvgIpc) is 2.64. The topological polar surface area (TPSA) is 128 Å². The number of ether oxygens (including phenoxy) is 2. The van der Waals surface area contributed by atoms with Gasteiger partial charge in [0.15, 0.2) is 0 Å². The molecule has 0 radical (unpaired) electrons. The molecule has 1 aliphatic heterocycles. The Morgan fingerprint density at radius 3 is 2.12 bits per heavy atom. The summed E-state index contributed by atoms with van der Waals surface area (Å²) in [4.78, 5) is 0. The van der Waals surface area contributed by atoms with E-state index in [2.05, 4.69) is 5.32 Å². The van der Waals surface area contributed by atoms with E-state index in [4.69, 9.17) is 31.0 Å². The molecule has 0 aromatic heterocycles. The van der Waals surface area contributed by atoms with Gasteiger partial charge < -0.3 is 20.5 Å². The Labute approximate surface area is 97.9 Å². The van der Waals surface area contributed by atoms with E-state index in [0.29, 0.717) is 0 Å². The Kier molecular flexibility index (Phi) is 3.35. The van der Waals surface area contributed by atoms with Crippen LogP contribution in [0.25, 0.3) is 0 Å². The van der Waals surface area contributed by atoms with Crippen LogP contribution in [0.15, 0.2) is 22.5 Å². The van der Waals surface area contributed by atoms with Crippen molar-refractivity contribution in [2.75, 3.05) is 14.2 Å². The molecule has 0 atom stereocenters. The van der Waals surface area contributed by atoms with Crippen LogP contribution in [0.5, 0.6) is 0 Å². The van der Waals surface area contributed by atoms with Gasteiger partial charge in [0.1, 0.15) is 35.2 Å². The minimum atomic E-state index is -1.57. The van der Waals surface area contributed by atoms with Gasteiger partial charge in [0.25, 0.3) is 5.91 Å². The predicted molar refractivity (Wildman–Crippen MR) is 55.0 cm³/mol. The third-order valence-electron chi connectivity index (χ3n) is 2.31. The van der Waals surface area contributed by atoms with Gasteiger partial charge in [-0.1, -0.05) is 0 Å². The summed E-state index contributed by atoms with van der Waals surface area (Å²) < 4.78 is 10.2. The Morgan fingerprint density at radius 2 is 1.76 bits per heavy atom. The highest BCUT2D eigenvalue weighted by molar-refractivity contribution is 5.61. The van der Waals surface area contributed by atoms with Gasteiger partial charge in [-0.3, -0.25) is 0 Å². The number of allylic oxidation sites excluding steroid dienone is 1. The van der Waals surface area contributed by atoms with Crippen LogP contribution in [0.2, 0.25) is 0 Å². The van der Waals surface area contributed by atoms with Crippen LogP contribution in [0.3, 0.4) is 0 Å². The molecule has 7 nitrogen and oxygen atoms in total. The van der Waals surface area contributed by atoms with Crippen molar-refractivity contribution in [2.45, 2.75) is 5.91 Å². The van der Waals surface area contributed by atoms with Gasteiger partial charge in [-0.2, -0.15) is 15.8 Å². The number of nitrogens with zero attached hydrogens (tertiary/aromatic N) is 3. The summed E-state index contributed by atoms with van der Waals surface area (Å²) in [5.41, 5.74) is 5.25. The summed E-state index contributed by atoms with van der Waals surface area (Å²) in [5, 5.41) is 29.3. The van der Waals surface area contributed by atoms with Crippen molar-refractivity contribution in [1.29, 1.82) is 15.8 Å². The maximum Gasteiger partial charge on any atom is 0.281 e.